The van der Waals surface area contributed by atoms with Gasteiger partial charge in [-0.05, 0) is 29.3 Å². The number of thiophene rings is 1. The smallest absolute Gasteiger partial charge is 0.191 e. The topological polar surface area (TPSA) is 25.8 Å². The lowest BCUT2D eigenvalue weighted by molar-refractivity contribution is 1.12. The molecule has 0 bridgehead atoms. The van der Waals surface area contributed by atoms with Crippen molar-refractivity contribution in [2.75, 3.05) is 0 Å². The van der Waals surface area contributed by atoms with E-state index in [1.54, 1.807) is 0 Å². The summed E-state index contributed by atoms with van der Waals surface area (Å²) in [7, 11) is 0. The minimum Gasteiger partial charge on any atom is -0.223 e. The molecular formula is C28H17IN2S. The minimum absolute atomic E-state index is 0.748. The second-order valence-corrected chi connectivity index (χ2v) is 9.71. The monoisotopic (exact) mass is 540 g/mol. The predicted molar refractivity (Wildman–Crippen MR) is 144 cm³/mol. The van der Waals surface area contributed by atoms with E-state index in [1.165, 1.54) is 31.3 Å². The van der Waals surface area contributed by atoms with Crippen LogP contribution in [-0.4, -0.2) is 9.97 Å². The van der Waals surface area contributed by atoms with Crippen LogP contribution in [0.2, 0.25) is 0 Å². The molecule has 0 atom stereocenters. The molecule has 0 spiro atoms. The Hall–Kier alpha value is -3.09. The normalized spacial score (nSPS) is 11.3. The molecule has 2 aromatic heterocycles. The number of halogens is 1. The molecule has 6 rings (SSSR count). The number of rotatable bonds is 3. The highest BCUT2D eigenvalue weighted by molar-refractivity contribution is 14.1. The summed E-state index contributed by atoms with van der Waals surface area (Å²) in [6.07, 6.45) is 0. The third kappa shape index (κ3) is 3.59. The number of hydrogen-bond donors (Lipinski definition) is 0. The largest absolute Gasteiger partial charge is 0.223 e. The molecule has 0 saturated heterocycles. The summed E-state index contributed by atoms with van der Waals surface area (Å²) < 4.78 is 3.41. The molecule has 4 aromatic carbocycles. The standard InChI is InChI=1S/C28H17IN2S/c29-28-30-24(19-6-2-1-3-7-19)17-25(31-28)20-12-10-18(11-13-20)21-14-15-23-22-8-4-5-9-26(22)32-27(23)16-21/h1-17H. The molecule has 0 aliphatic carbocycles. The van der Waals surface area contributed by atoms with E-state index in [9.17, 15) is 0 Å². The lowest BCUT2D eigenvalue weighted by Crippen LogP contribution is -1.94. The predicted octanol–water partition coefficient (Wildman–Crippen LogP) is 8.45. The van der Waals surface area contributed by atoms with Gasteiger partial charge in [0.15, 0.2) is 3.83 Å². The number of benzene rings is 4. The van der Waals surface area contributed by atoms with E-state index in [0.717, 1.165) is 26.3 Å². The molecule has 2 heterocycles. The van der Waals surface area contributed by atoms with Gasteiger partial charge in [0, 0.05) is 53.9 Å². The summed E-state index contributed by atoms with van der Waals surface area (Å²) in [5.41, 5.74) is 6.52. The van der Waals surface area contributed by atoms with Gasteiger partial charge in [0.05, 0.1) is 11.4 Å². The van der Waals surface area contributed by atoms with Gasteiger partial charge >= 0.3 is 0 Å². The van der Waals surface area contributed by atoms with E-state index in [4.69, 9.17) is 0 Å². The van der Waals surface area contributed by atoms with Crippen LogP contribution in [0.5, 0.6) is 0 Å². The van der Waals surface area contributed by atoms with Crippen molar-refractivity contribution in [3.8, 4) is 33.6 Å². The van der Waals surface area contributed by atoms with Gasteiger partial charge in [-0.25, -0.2) is 9.97 Å². The number of aromatic nitrogens is 2. The van der Waals surface area contributed by atoms with Gasteiger partial charge in [0.2, 0.25) is 0 Å². The first-order valence-electron chi connectivity index (χ1n) is 10.4. The van der Waals surface area contributed by atoms with Crippen LogP contribution in [0.3, 0.4) is 0 Å². The molecule has 0 fully saturated rings. The quantitative estimate of drug-likeness (QED) is 0.166. The summed E-state index contributed by atoms with van der Waals surface area (Å²) in [5, 5.41) is 2.66. The first-order valence-corrected chi connectivity index (χ1v) is 12.3. The van der Waals surface area contributed by atoms with Crippen LogP contribution in [0.15, 0.2) is 103 Å². The Morgan fingerprint density at radius 1 is 0.500 bits per heavy atom. The maximum atomic E-state index is 4.67. The summed E-state index contributed by atoms with van der Waals surface area (Å²) in [6.45, 7) is 0. The second-order valence-electron chi connectivity index (χ2n) is 7.66. The van der Waals surface area contributed by atoms with Gasteiger partial charge in [0.25, 0.3) is 0 Å². The van der Waals surface area contributed by atoms with Crippen molar-refractivity contribution < 1.29 is 0 Å². The molecule has 0 radical (unpaired) electrons. The van der Waals surface area contributed by atoms with Crippen molar-refractivity contribution in [2.24, 2.45) is 0 Å². The molecule has 2 nitrogen and oxygen atoms in total. The Balaban J connectivity index is 1.36. The first-order chi connectivity index (χ1) is 15.7. The maximum Gasteiger partial charge on any atom is 0.191 e. The molecule has 32 heavy (non-hydrogen) atoms. The van der Waals surface area contributed by atoms with E-state index in [-0.39, 0.29) is 0 Å². The minimum atomic E-state index is 0.748. The lowest BCUT2D eigenvalue weighted by Gasteiger charge is -2.08. The Bertz CT molecular complexity index is 1570. The van der Waals surface area contributed by atoms with Crippen LogP contribution in [-0.2, 0) is 0 Å². The van der Waals surface area contributed by atoms with Crippen molar-refractivity contribution >= 4 is 54.1 Å². The van der Waals surface area contributed by atoms with Crippen LogP contribution >= 0.6 is 33.9 Å². The SMILES string of the molecule is Ic1nc(-c2ccccc2)cc(-c2ccc(-c3ccc4c(c3)sc3ccccc34)cc2)n1. The fourth-order valence-corrected chi connectivity index (χ4v) is 5.73. The highest BCUT2D eigenvalue weighted by Gasteiger charge is 2.09. The summed E-state index contributed by atoms with van der Waals surface area (Å²) >= 11 is 4.05. The van der Waals surface area contributed by atoms with Crippen LogP contribution in [0.4, 0.5) is 0 Å². The summed E-state index contributed by atoms with van der Waals surface area (Å²) in [4.78, 5) is 9.29. The molecule has 0 aliphatic rings. The Kier molecular flexibility index (Phi) is 4.97. The summed E-state index contributed by atoms with van der Waals surface area (Å²) in [6, 6.07) is 36.4. The molecule has 152 valence electrons. The van der Waals surface area contributed by atoms with E-state index in [2.05, 4.69) is 117 Å². The van der Waals surface area contributed by atoms with Gasteiger partial charge in [-0.1, -0.05) is 84.9 Å². The van der Waals surface area contributed by atoms with Crippen LogP contribution in [0.1, 0.15) is 0 Å². The summed E-state index contributed by atoms with van der Waals surface area (Å²) in [5.74, 6) is 0. The van der Waals surface area contributed by atoms with E-state index in [1.807, 2.05) is 29.5 Å². The molecule has 6 aromatic rings. The van der Waals surface area contributed by atoms with E-state index >= 15 is 0 Å². The van der Waals surface area contributed by atoms with Gasteiger partial charge < -0.3 is 0 Å². The van der Waals surface area contributed by atoms with Gasteiger partial charge in [-0.2, -0.15) is 0 Å². The van der Waals surface area contributed by atoms with Gasteiger partial charge in [-0.3, -0.25) is 0 Å². The third-order valence-electron chi connectivity index (χ3n) is 5.66. The Labute approximate surface area is 203 Å². The Morgan fingerprint density at radius 3 is 1.88 bits per heavy atom. The number of fused-ring (bicyclic) bond motifs is 3. The zero-order chi connectivity index (χ0) is 21.5. The number of nitrogens with zero attached hydrogens (tertiary/aromatic N) is 2. The maximum absolute atomic E-state index is 4.67. The fraction of sp³-hybridized carbons (Fsp3) is 0. The number of hydrogen-bond acceptors (Lipinski definition) is 3. The van der Waals surface area contributed by atoms with Crippen molar-refractivity contribution in [3.05, 3.63) is 107 Å². The highest BCUT2D eigenvalue weighted by atomic mass is 127. The molecule has 0 amide bonds. The third-order valence-corrected chi connectivity index (χ3v) is 7.28. The average Bonchev–Trinajstić information content (AvgIpc) is 3.22. The second kappa shape index (κ2) is 8.11. The molecular weight excluding hydrogens is 523 g/mol. The van der Waals surface area contributed by atoms with Crippen LogP contribution < -0.4 is 0 Å². The average molecular weight is 540 g/mol. The zero-order valence-electron chi connectivity index (χ0n) is 17.0. The van der Waals surface area contributed by atoms with Gasteiger partial charge in [-0.15, -0.1) is 11.3 Å². The molecule has 0 aliphatic heterocycles. The van der Waals surface area contributed by atoms with Crippen LogP contribution in [0, 0.1) is 3.83 Å². The fourth-order valence-electron chi connectivity index (χ4n) is 4.06. The molecule has 4 heteroatoms. The van der Waals surface area contributed by atoms with Crippen molar-refractivity contribution in [2.45, 2.75) is 0 Å². The van der Waals surface area contributed by atoms with Crippen molar-refractivity contribution in [1.82, 2.24) is 9.97 Å². The highest BCUT2D eigenvalue weighted by Crippen LogP contribution is 2.36. The van der Waals surface area contributed by atoms with Gasteiger partial charge in [0.1, 0.15) is 0 Å². The van der Waals surface area contributed by atoms with Crippen molar-refractivity contribution in [3.63, 3.8) is 0 Å². The zero-order valence-corrected chi connectivity index (χ0v) is 20.0. The molecule has 0 N–H and O–H groups in total. The molecule has 0 unspecified atom stereocenters. The molecule has 0 saturated carbocycles. The Morgan fingerprint density at radius 2 is 1.09 bits per heavy atom. The van der Waals surface area contributed by atoms with E-state index < -0.39 is 0 Å². The van der Waals surface area contributed by atoms with E-state index in [0.29, 0.717) is 0 Å². The van der Waals surface area contributed by atoms with Crippen LogP contribution in [0.25, 0.3) is 53.8 Å². The van der Waals surface area contributed by atoms with Crippen molar-refractivity contribution in [1.29, 1.82) is 0 Å². The lowest BCUT2D eigenvalue weighted by atomic mass is 10.0. The first kappa shape index (κ1) is 19.6.